The zero-order chi connectivity index (χ0) is 22.8. The van der Waals surface area contributed by atoms with Crippen molar-refractivity contribution in [3.63, 3.8) is 0 Å². The number of nitrogen functional groups attached to an aromatic ring is 1. The van der Waals surface area contributed by atoms with Gasteiger partial charge in [0.05, 0.1) is 11.9 Å². The topological polar surface area (TPSA) is 96.7 Å². The van der Waals surface area contributed by atoms with E-state index in [1.165, 1.54) is 16.9 Å². The van der Waals surface area contributed by atoms with Crippen molar-refractivity contribution in [3.8, 4) is 17.0 Å². The molecular weight excluding hydrogens is 477 g/mol. The highest BCUT2D eigenvalue weighted by Gasteiger charge is 2.22. The Morgan fingerprint density at radius 1 is 1.22 bits per heavy atom. The SMILES string of the molecule is CCn1cc(Cc2nn(C)nc2-c2ccc(F)cc2[C@H](C)Oc2cc(Br)cnc2N)cn1. The lowest BCUT2D eigenvalue weighted by Crippen LogP contribution is -2.08. The fourth-order valence-corrected chi connectivity index (χ4v) is 3.81. The van der Waals surface area contributed by atoms with E-state index in [1.807, 2.05) is 30.9 Å². The van der Waals surface area contributed by atoms with Crippen molar-refractivity contribution in [1.82, 2.24) is 29.8 Å². The summed E-state index contributed by atoms with van der Waals surface area (Å²) in [5, 5.41) is 13.4. The number of aryl methyl sites for hydroxylation is 2. The van der Waals surface area contributed by atoms with E-state index in [4.69, 9.17) is 10.5 Å². The smallest absolute Gasteiger partial charge is 0.166 e. The summed E-state index contributed by atoms with van der Waals surface area (Å²) in [6, 6.07) is 6.30. The number of halogens is 2. The van der Waals surface area contributed by atoms with Crippen LogP contribution in [0.4, 0.5) is 10.2 Å². The number of benzene rings is 1. The fraction of sp³-hybridized carbons (Fsp3) is 0.273. The number of nitrogens with two attached hydrogens (primary N) is 1. The Labute approximate surface area is 193 Å². The molecule has 0 saturated heterocycles. The molecule has 166 valence electrons. The minimum absolute atomic E-state index is 0.256. The molecule has 0 saturated carbocycles. The second kappa shape index (κ2) is 9.07. The van der Waals surface area contributed by atoms with Crippen LogP contribution in [0.15, 0.2) is 47.3 Å². The number of hydrogen-bond donors (Lipinski definition) is 1. The maximum absolute atomic E-state index is 14.2. The number of nitrogens with zero attached hydrogens (tertiary/aromatic N) is 6. The second-order valence-corrected chi connectivity index (χ2v) is 8.31. The molecular formula is C22H23BrFN7O. The molecule has 0 bridgehead atoms. The summed E-state index contributed by atoms with van der Waals surface area (Å²) in [6.07, 6.45) is 5.43. The molecule has 0 fully saturated rings. The minimum Gasteiger partial charge on any atom is -0.482 e. The highest BCUT2D eigenvalue weighted by atomic mass is 79.9. The van der Waals surface area contributed by atoms with Crippen LogP contribution in [0.3, 0.4) is 0 Å². The Morgan fingerprint density at radius 3 is 2.78 bits per heavy atom. The van der Waals surface area contributed by atoms with Gasteiger partial charge >= 0.3 is 0 Å². The third kappa shape index (κ3) is 4.64. The lowest BCUT2D eigenvalue weighted by molar-refractivity contribution is 0.227. The summed E-state index contributed by atoms with van der Waals surface area (Å²) in [6.45, 7) is 4.65. The molecule has 2 N–H and O–H groups in total. The van der Waals surface area contributed by atoms with Gasteiger partial charge in [0, 0.05) is 48.0 Å². The molecule has 0 amide bonds. The molecule has 0 aliphatic carbocycles. The normalized spacial score (nSPS) is 12.2. The van der Waals surface area contributed by atoms with Crippen LogP contribution in [0.2, 0.25) is 0 Å². The Kier molecular flexibility index (Phi) is 6.22. The highest BCUT2D eigenvalue weighted by molar-refractivity contribution is 9.10. The first-order chi connectivity index (χ1) is 15.3. The fourth-order valence-electron chi connectivity index (χ4n) is 3.50. The molecule has 0 unspecified atom stereocenters. The van der Waals surface area contributed by atoms with Gasteiger partial charge in [0.15, 0.2) is 11.6 Å². The predicted molar refractivity (Wildman–Crippen MR) is 122 cm³/mol. The Hall–Kier alpha value is -3.27. The Bertz CT molecular complexity index is 1250. The zero-order valence-corrected chi connectivity index (χ0v) is 19.5. The van der Waals surface area contributed by atoms with Crippen LogP contribution in [-0.2, 0) is 20.0 Å². The van der Waals surface area contributed by atoms with Gasteiger partial charge in [-0.25, -0.2) is 9.37 Å². The summed E-state index contributed by atoms with van der Waals surface area (Å²) in [5.41, 5.74) is 9.80. The van der Waals surface area contributed by atoms with Crippen LogP contribution in [0.5, 0.6) is 5.75 Å². The first-order valence-electron chi connectivity index (χ1n) is 10.1. The molecule has 8 nitrogen and oxygen atoms in total. The van der Waals surface area contributed by atoms with Crippen LogP contribution < -0.4 is 10.5 Å². The van der Waals surface area contributed by atoms with Crippen LogP contribution >= 0.6 is 15.9 Å². The van der Waals surface area contributed by atoms with Gasteiger partial charge in [-0.3, -0.25) is 4.68 Å². The van der Waals surface area contributed by atoms with Crippen molar-refractivity contribution in [1.29, 1.82) is 0 Å². The van der Waals surface area contributed by atoms with Gasteiger partial charge in [0.25, 0.3) is 0 Å². The summed E-state index contributed by atoms with van der Waals surface area (Å²) < 4.78 is 22.9. The third-order valence-corrected chi connectivity index (χ3v) is 5.46. The minimum atomic E-state index is -0.517. The van der Waals surface area contributed by atoms with E-state index in [-0.39, 0.29) is 11.6 Å². The highest BCUT2D eigenvalue weighted by Crippen LogP contribution is 2.34. The first-order valence-corrected chi connectivity index (χ1v) is 10.9. The van der Waals surface area contributed by atoms with E-state index in [0.717, 1.165) is 27.8 Å². The standard InChI is InChI=1S/C22H23BrFN7O/c1-4-31-12-14(10-27-31)7-19-21(29-30(3)28-19)17-6-5-16(24)9-18(17)13(2)32-20-8-15(23)11-26-22(20)25/h5-6,8-13H,4,7H2,1-3H3,(H2,25,26)/t13-/m0/s1. The second-order valence-electron chi connectivity index (χ2n) is 7.39. The first kappa shape index (κ1) is 21.9. The van der Waals surface area contributed by atoms with Crippen molar-refractivity contribution in [2.24, 2.45) is 7.05 Å². The molecule has 32 heavy (non-hydrogen) atoms. The molecule has 3 aromatic heterocycles. The largest absolute Gasteiger partial charge is 0.482 e. The van der Waals surface area contributed by atoms with E-state index in [9.17, 15) is 4.39 Å². The molecule has 4 aromatic rings. The van der Waals surface area contributed by atoms with E-state index < -0.39 is 6.10 Å². The summed E-state index contributed by atoms with van der Waals surface area (Å²) in [7, 11) is 1.76. The van der Waals surface area contributed by atoms with Crippen molar-refractivity contribution >= 4 is 21.7 Å². The monoisotopic (exact) mass is 499 g/mol. The van der Waals surface area contributed by atoms with Crippen molar-refractivity contribution in [2.75, 3.05) is 5.73 Å². The average molecular weight is 500 g/mol. The van der Waals surface area contributed by atoms with Crippen molar-refractivity contribution in [3.05, 3.63) is 70.0 Å². The number of pyridine rings is 1. The lowest BCUT2D eigenvalue weighted by atomic mass is 9.97. The molecule has 1 aromatic carbocycles. The molecule has 0 radical (unpaired) electrons. The van der Waals surface area contributed by atoms with E-state index in [1.54, 1.807) is 25.4 Å². The molecule has 1 atom stereocenters. The van der Waals surface area contributed by atoms with Gasteiger partial charge in [-0.1, -0.05) is 0 Å². The average Bonchev–Trinajstić information content (AvgIpc) is 3.36. The van der Waals surface area contributed by atoms with Gasteiger partial charge < -0.3 is 10.5 Å². The number of rotatable bonds is 7. The maximum Gasteiger partial charge on any atom is 0.166 e. The van der Waals surface area contributed by atoms with Gasteiger partial charge in [-0.2, -0.15) is 20.1 Å². The van der Waals surface area contributed by atoms with E-state index >= 15 is 0 Å². The maximum atomic E-state index is 14.2. The Morgan fingerprint density at radius 2 is 2.03 bits per heavy atom. The van der Waals surface area contributed by atoms with Crippen LogP contribution in [0.25, 0.3) is 11.3 Å². The Balaban J connectivity index is 1.71. The summed E-state index contributed by atoms with van der Waals surface area (Å²) in [4.78, 5) is 5.61. The summed E-state index contributed by atoms with van der Waals surface area (Å²) in [5.74, 6) is 0.300. The van der Waals surface area contributed by atoms with Gasteiger partial charge in [0.1, 0.15) is 17.6 Å². The zero-order valence-electron chi connectivity index (χ0n) is 18.0. The van der Waals surface area contributed by atoms with E-state index in [0.29, 0.717) is 23.4 Å². The molecule has 0 aliphatic heterocycles. The number of aromatic nitrogens is 6. The molecule has 3 heterocycles. The van der Waals surface area contributed by atoms with Gasteiger partial charge in [-0.05, 0) is 59.6 Å². The summed E-state index contributed by atoms with van der Waals surface area (Å²) >= 11 is 3.37. The lowest BCUT2D eigenvalue weighted by Gasteiger charge is -2.19. The van der Waals surface area contributed by atoms with Gasteiger partial charge in [0.2, 0.25) is 0 Å². The van der Waals surface area contributed by atoms with Crippen molar-refractivity contribution < 1.29 is 9.13 Å². The molecule has 0 spiro atoms. The third-order valence-electron chi connectivity index (χ3n) is 5.02. The number of anilines is 1. The van der Waals surface area contributed by atoms with Crippen LogP contribution in [0, 0.1) is 5.82 Å². The van der Waals surface area contributed by atoms with Crippen molar-refractivity contribution in [2.45, 2.75) is 32.9 Å². The van der Waals surface area contributed by atoms with Crippen LogP contribution in [0.1, 0.15) is 36.8 Å². The molecule has 4 rings (SSSR count). The van der Waals surface area contributed by atoms with Gasteiger partial charge in [-0.15, -0.1) is 0 Å². The van der Waals surface area contributed by atoms with E-state index in [2.05, 4.69) is 36.2 Å². The molecule has 0 aliphatic rings. The van der Waals surface area contributed by atoms with Crippen LogP contribution in [-0.4, -0.2) is 29.8 Å². The predicted octanol–water partition coefficient (Wildman–Crippen LogP) is 4.31. The number of hydrogen-bond acceptors (Lipinski definition) is 6. The molecule has 10 heteroatoms. The quantitative estimate of drug-likeness (QED) is 0.406. The number of ether oxygens (including phenoxy) is 1.